The van der Waals surface area contributed by atoms with Gasteiger partial charge in [0, 0.05) is 37.1 Å². The Kier molecular flexibility index (Phi) is 4.53. The Morgan fingerprint density at radius 3 is 3.12 bits per heavy atom. The first-order valence-corrected chi connectivity index (χ1v) is 8.49. The number of imidazole rings is 1. The van der Waals surface area contributed by atoms with Crippen LogP contribution in [0.5, 0.6) is 0 Å². The summed E-state index contributed by atoms with van der Waals surface area (Å²) in [4.78, 5) is 14.4. The number of hydrogen-bond donors (Lipinski definition) is 1. The molecule has 1 fully saturated rings. The minimum atomic E-state index is 0.497. The largest absolute Gasteiger partial charge is 0.380 e. The lowest BCUT2D eigenvalue weighted by atomic mass is 9.98. The third-order valence-electron chi connectivity index (χ3n) is 4.54. The molecule has 3 aromatic rings. The quantitative estimate of drug-likeness (QED) is 0.802. The molecule has 1 N–H and O–H groups in total. The van der Waals surface area contributed by atoms with E-state index < -0.39 is 0 Å². The number of aromatic amines is 1. The summed E-state index contributed by atoms with van der Waals surface area (Å²) in [6.45, 7) is 4.46. The number of ether oxygens (including phenoxy) is 1. The van der Waals surface area contributed by atoms with E-state index >= 15 is 0 Å². The number of hydrogen-bond acceptors (Lipinski definition) is 4. The first-order valence-electron chi connectivity index (χ1n) is 8.49. The maximum Gasteiger partial charge on any atom is 0.120 e. The van der Waals surface area contributed by atoms with E-state index in [1.54, 1.807) is 0 Å². The molecule has 1 atom stereocenters. The van der Waals surface area contributed by atoms with E-state index in [0.29, 0.717) is 5.92 Å². The van der Waals surface area contributed by atoms with Gasteiger partial charge in [-0.25, -0.2) is 4.98 Å². The second-order valence-electron chi connectivity index (χ2n) is 6.45. The van der Waals surface area contributed by atoms with Crippen molar-refractivity contribution in [2.24, 2.45) is 5.92 Å². The van der Waals surface area contributed by atoms with E-state index in [1.165, 1.54) is 10.9 Å². The topological polar surface area (TPSA) is 54.0 Å². The summed E-state index contributed by atoms with van der Waals surface area (Å²) in [7, 11) is 0. The van der Waals surface area contributed by atoms with Gasteiger partial charge in [-0.1, -0.05) is 12.1 Å². The van der Waals surface area contributed by atoms with Crippen molar-refractivity contribution < 1.29 is 4.74 Å². The molecule has 124 valence electrons. The first kappa shape index (κ1) is 15.3. The standard InChI is InChI=1S/C19H22N4O/c1-2-17-11-15(3-4-18(17)20-5-1)10-16-12-23(8-9-24-14-16)13-19-21-6-7-22-19/h1-7,11,16H,8-10,12-14H2,(H,21,22)/t16-/m0/s1. The molecule has 4 rings (SSSR count). The molecule has 3 heterocycles. The molecule has 24 heavy (non-hydrogen) atoms. The highest BCUT2D eigenvalue weighted by molar-refractivity contribution is 5.78. The van der Waals surface area contributed by atoms with E-state index in [2.05, 4.69) is 44.1 Å². The van der Waals surface area contributed by atoms with Gasteiger partial charge in [0.1, 0.15) is 5.82 Å². The molecule has 0 saturated carbocycles. The average molecular weight is 322 g/mol. The number of nitrogens with one attached hydrogen (secondary N) is 1. The van der Waals surface area contributed by atoms with Crippen LogP contribution in [0.25, 0.3) is 10.9 Å². The van der Waals surface area contributed by atoms with Crippen molar-refractivity contribution in [2.45, 2.75) is 13.0 Å². The van der Waals surface area contributed by atoms with Crippen LogP contribution >= 0.6 is 0 Å². The highest BCUT2D eigenvalue weighted by Gasteiger charge is 2.20. The third-order valence-corrected chi connectivity index (χ3v) is 4.54. The van der Waals surface area contributed by atoms with Gasteiger partial charge in [0.2, 0.25) is 0 Å². The van der Waals surface area contributed by atoms with Gasteiger partial charge in [-0.2, -0.15) is 0 Å². The lowest BCUT2D eigenvalue weighted by molar-refractivity contribution is 0.121. The minimum Gasteiger partial charge on any atom is -0.380 e. The second kappa shape index (κ2) is 7.11. The molecule has 0 amide bonds. The van der Waals surface area contributed by atoms with Crippen LogP contribution < -0.4 is 0 Å². The molecule has 0 bridgehead atoms. The summed E-state index contributed by atoms with van der Waals surface area (Å²) in [6.07, 6.45) is 6.56. The third kappa shape index (κ3) is 3.63. The fraction of sp³-hybridized carbons (Fsp3) is 0.368. The number of nitrogens with zero attached hydrogens (tertiary/aromatic N) is 3. The van der Waals surface area contributed by atoms with E-state index in [1.807, 2.05) is 24.7 Å². The Labute approximate surface area is 141 Å². The van der Waals surface area contributed by atoms with E-state index in [-0.39, 0.29) is 0 Å². The lowest BCUT2D eigenvalue weighted by Gasteiger charge is -2.22. The Morgan fingerprint density at radius 2 is 2.21 bits per heavy atom. The molecule has 2 aromatic heterocycles. The predicted molar refractivity (Wildman–Crippen MR) is 93.6 cm³/mol. The molecule has 1 aliphatic heterocycles. The van der Waals surface area contributed by atoms with Crippen LogP contribution in [0.2, 0.25) is 0 Å². The van der Waals surface area contributed by atoms with Gasteiger partial charge in [0.15, 0.2) is 0 Å². The van der Waals surface area contributed by atoms with Gasteiger partial charge in [-0.15, -0.1) is 0 Å². The van der Waals surface area contributed by atoms with Crippen LogP contribution in [-0.4, -0.2) is 46.2 Å². The molecular weight excluding hydrogens is 300 g/mol. The van der Waals surface area contributed by atoms with Crippen LogP contribution in [0.3, 0.4) is 0 Å². The number of benzene rings is 1. The number of pyridine rings is 1. The monoisotopic (exact) mass is 322 g/mol. The summed E-state index contributed by atoms with van der Waals surface area (Å²) in [6, 6.07) is 10.7. The highest BCUT2D eigenvalue weighted by atomic mass is 16.5. The molecule has 1 aliphatic rings. The molecule has 0 unspecified atom stereocenters. The Bertz CT molecular complexity index is 787. The van der Waals surface area contributed by atoms with E-state index in [0.717, 1.165) is 50.6 Å². The second-order valence-corrected chi connectivity index (χ2v) is 6.45. The zero-order chi connectivity index (χ0) is 16.2. The summed E-state index contributed by atoms with van der Waals surface area (Å²) < 4.78 is 5.83. The Morgan fingerprint density at radius 1 is 1.21 bits per heavy atom. The maximum atomic E-state index is 5.83. The van der Waals surface area contributed by atoms with Crippen molar-refractivity contribution in [3.8, 4) is 0 Å². The van der Waals surface area contributed by atoms with Crippen molar-refractivity contribution >= 4 is 10.9 Å². The molecule has 0 aliphatic carbocycles. The normalized spacial score (nSPS) is 19.4. The molecule has 5 nitrogen and oxygen atoms in total. The van der Waals surface area contributed by atoms with Crippen molar-refractivity contribution in [1.82, 2.24) is 19.9 Å². The van der Waals surface area contributed by atoms with Crippen molar-refractivity contribution in [2.75, 3.05) is 26.3 Å². The lowest BCUT2D eigenvalue weighted by Crippen LogP contribution is -2.30. The summed E-state index contributed by atoms with van der Waals surface area (Å²) in [5.74, 6) is 1.52. The summed E-state index contributed by atoms with van der Waals surface area (Å²) >= 11 is 0. The smallest absolute Gasteiger partial charge is 0.120 e. The first-order chi connectivity index (χ1) is 11.9. The zero-order valence-electron chi connectivity index (χ0n) is 13.7. The van der Waals surface area contributed by atoms with E-state index in [4.69, 9.17) is 4.74 Å². The van der Waals surface area contributed by atoms with Crippen LogP contribution in [-0.2, 0) is 17.7 Å². The SMILES string of the molecule is c1cnc2ccc(C[C@@H]3COCCN(Cc4ncc[nH]4)C3)cc2c1. The molecular formula is C19H22N4O. The van der Waals surface area contributed by atoms with Gasteiger partial charge in [-0.3, -0.25) is 9.88 Å². The zero-order valence-corrected chi connectivity index (χ0v) is 13.7. The van der Waals surface area contributed by atoms with Gasteiger partial charge >= 0.3 is 0 Å². The fourth-order valence-corrected chi connectivity index (χ4v) is 3.40. The van der Waals surface area contributed by atoms with Crippen molar-refractivity contribution in [3.05, 3.63) is 60.3 Å². The summed E-state index contributed by atoms with van der Waals surface area (Å²) in [5.41, 5.74) is 2.40. The number of aromatic nitrogens is 3. The predicted octanol–water partition coefficient (Wildman–Crippen LogP) is 2.65. The maximum absolute atomic E-state index is 5.83. The molecule has 0 spiro atoms. The molecule has 1 saturated heterocycles. The number of rotatable bonds is 4. The number of fused-ring (bicyclic) bond motifs is 1. The van der Waals surface area contributed by atoms with Crippen molar-refractivity contribution in [1.29, 1.82) is 0 Å². The average Bonchev–Trinajstić information content (AvgIpc) is 3.01. The number of H-pyrrole nitrogens is 1. The van der Waals surface area contributed by atoms with Crippen LogP contribution in [0.4, 0.5) is 0 Å². The van der Waals surface area contributed by atoms with Crippen LogP contribution in [0.1, 0.15) is 11.4 Å². The fourth-order valence-electron chi connectivity index (χ4n) is 3.40. The molecule has 0 radical (unpaired) electrons. The van der Waals surface area contributed by atoms with Gasteiger partial charge in [-0.05, 0) is 36.1 Å². The van der Waals surface area contributed by atoms with Gasteiger partial charge in [0.25, 0.3) is 0 Å². The van der Waals surface area contributed by atoms with Crippen LogP contribution in [0, 0.1) is 5.92 Å². The van der Waals surface area contributed by atoms with Crippen molar-refractivity contribution in [3.63, 3.8) is 0 Å². The Balaban J connectivity index is 1.45. The Hall–Kier alpha value is -2.24. The highest BCUT2D eigenvalue weighted by Crippen LogP contribution is 2.19. The summed E-state index contributed by atoms with van der Waals surface area (Å²) in [5, 5.41) is 1.21. The van der Waals surface area contributed by atoms with Gasteiger partial charge < -0.3 is 9.72 Å². The van der Waals surface area contributed by atoms with E-state index in [9.17, 15) is 0 Å². The minimum absolute atomic E-state index is 0.497. The van der Waals surface area contributed by atoms with Gasteiger partial charge in [0.05, 0.1) is 25.3 Å². The van der Waals surface area contributed by atoms with Crippen LogP contribution in [0.15, 0.2) is 48.9 Å². The molecule has 5 heteroatoms. The molecule has 1 aromatic carbocycles.